The first-order valence-electron chi connectivity index (χ1n) is 5.90. The Balaban J connectivity index is 2.70. The minimum Gasteiger partial charge on any atom is -0.444 e. The maximum Gasteiger partial charge on any atom is 0.408 e. The van der Waals surface area contributed by atoms with Crippen molar-refractivity contribution in [3.63, 3.8) is 0 Å². The Morgan fingerprint density at radius 1 is 1.33 bits per heavy atom. The maximum atomic E-state index is 11.7. The van der Waals surface area contributed by atoms with Crippen molar-refractivity contribution in [1.29, 1.82) is 0 Å². The predicted octanol–water partition coefficient (Wildman–Crippen LogP) is 2.84. The molecule has 0 aliphatic rings. The van der Waals surface area contributed by atoms with Crippen LogP contribution in [-0.2, 0) is 9.53 Å². The summed E-state index contributed by atoms with van der Waals surface area (Å²) >= 11 is 0. The van der Waals surface area contributed by atoms with Gasteiger partial charge in [-0.05, 0) is 26.3 Å². The van der Waals surface area contributed by atoms with Crippen molar-refractivity contribution in [2.45, 2.75) is 38.8 Å². The van der Waals surface area contributed by atoms with Crippen molar-refractivity contribution in [2.75, 3.05) is 0 Å². The largest absolute Gasteiger partial charge is 0.444 e. The van der Waals surface area contributed by atoms with Crippen LogP contribution < -0.4 is 5.32 Å². The summed E-state index contributed by atoms with van der Waals surface area (Å²) in [5.41, 5.74) is 0.336. The first-order valence-corrected chi connectivity index (χ1v) is 5.90. The Morgan fingerprint density at radius 3 is 2.44 bits per heavy atom. The van der Waals surface area contributed by atoms with Crippen LogP contribution in [0.4, 0.5) is 4.79 Å². The second kappa shape index (κ2) is 6.19. The molecule has 1 aromatic rings. The molecule has 1 amide bonds. The number of aldehydes is 1. The summed E-state index contributed by atoms with van der Waals surface area (Å²) in [7, 11) is 0. The van der Waals surface area contributed by atoms with E-state index in [2.05, 4.69) is 5.32 Å². The fraction of sp³-hybridized carbons (Fsp3) is 0.429. The molecule has 0 fully saturated rings. The fourth-order valence-corrected chi connectivity index (χ4v) is 1.51. The first kappa shape index (κ1) is 14.2. The monoisotopic (exact) mass is 249 g/mol. The smallest absolute Gasteiger partial charge is 0.408 e. The molecule has 0 spiro atoms. The first-order chi connectivity index (χ1) is 8.42. The zero-order valence-electron chi connectivity index (χ0n) is 11.0. The van der Waals surface area contributed by atoms with Crippen molar-refractivity contribution in [1.82, 2.24) is 5.32 Å². The number of hydrogen-bond acceptors (Lipinski definition) is 3. The van der Waals surface area contributed by atoms with E-state index in [1.165, 1.54) is 0 Å². The molecule has 0 radical (unpaired) electrons. The number of benzene rings is 1. The summed E-state index contributed by atoms with van der Waals surface area (Å²) in [6.07, 6.45) is 0.497. The maximum absolute atomic E-state index is 11.7. The molecule has 1 rings (SSSR count). The van der Waals surface area contributed by atoms with Gasteiger partial charge < -0.3 is 14.8 Å². The lowest BCUT2D eigenvalue weighted by Gasteiger charge is -2.23. The van der Waals surface area contributed by atoms with E-state index in [1.54, 1.807) is 20.8 Å². The van der Waals surface area contributed by atoms with E-state index in [0.29, 0.717) is 0 Å². The minimum atomic E-state index is -0.549. The van der Waals surface area contributed by atoms with Gasteiger partial charge in [-0.2, -0.15) is 0 Å². The Hall–Kier alpha value is -1.84. The summed E-state index contributed by atoms with van der Waals surface area (Å²) in [6.45, 7) is 5.39. The van der Waals surface area contributed by atoms with Crippen molar-refractivity contribution in [3.8, 4) is 0 Å². The van der Waals surface area contributed by atoms with Gasteiger partial charge in [-0.15, -0.1) is 0 Å². The van der Waals surface area contributed by atoms with E-state index < -0.39 is 11.7 Å². The number of amides is 1. The molecule has 0 aliphatic heterocycles. The van der Waals surface area contributed by atoms with Gasteiger partial charge in [0.1, 0.15) is 11.9 Å². The van der Waals surface area contributed by atoms with E-state index >= 15 is 0 Å². The van der Waals surface area contributed by atoms with Crippen LogP contribution in [0.1, 0.15) is 38.8 Å². The third-order valence-electron chi connectivity index (χ3n) is 2.22. The normalized spacial score (nSPS) is 12.6. The van der Waals surface area contributed by atoms with Crippen LogP contribution in [-0.4, -0.2) is 18.0 Å². The molecule has 0 aromatic heterocycles. The second-order valence-corrected chi connectivity index (χ2v) is 5.01. The van der Waals surface area contributed by atoms with Crippen molar-refractivity contribution >= 4 is 12.4 Å². The topological polar surface area (TPSA) is 55.4 Å². The summed E-state index contributed by atoms with van der Waals surface area (Å²) in [4.78, 5) is 22.3. The van der Waals surface area contributed by atoms with E-state index in [0.717, 1.165) is 11.8 Å². The van der Waals surface area contributed by atoms with Gasteiger partial charge in [0.2, 0.25) is 0 Å². The molecule has 0 saturated heterocycles. The molecular weight excluding hydrogens is 230 g/mol. The Morgan fingerprint density at radius 2 is 1.94 bits per heavy atom. The average molecular weight is 249 g/mol. The SMILES string of the molecule is CC(C)(C)OC(=O)NC(CC=O)c1ccccc1. The Kier molecular flexibility index (Phi) is 4.89. The zero-order valence-corrected chi connectivity index (χ0v) is 11.0. The number of rotatable bonds is 4. The van der Waals surface area contributed by atoms with Crippen molar-refractivity contribution < 1.29 is 14.3 Å². The van der Waals surface area contributed by atoms with Gasteiger partial charge in [0, 0.05) is 6.42 Å². The molecule has 4 nitrogen and oxygen atoms in total. The molecule has 0 heterocycles. The predicted molar refractivity (Wildman–Crippen MR) is 69.2 cm³/mol. The van der Waals surface area contributed by atoms with Gasteiger partial charge in [-0.1, -0.05) is 30.3 Å². The highest BCUT2D eigenvalue weighted by atomic mass is 16.6. The molecular formula is C14H19NO3. The number of carbonyl (C=O) groups is 2. The van der Waals surface area contributed by atoms with Crippen molar-refractivity contribution in [3.05, 3.63) is 35.9 Å². The molecule has 0 saturated carbocycles. The minimum absolute atomic E-state index is 0.225. The van der Waals surface area contributed by atoms with E-state index in [1.807, 2.05) is 30.3 Å². The second-order valence-electron chi connectivity index (χ2n) is 5.01. The summed E-state index contributed by atoms with van der Waals surface area (Å²) < 4.78 is 5.17. The summed E-state index contributed by atoms with van der Waals surface area (Å²) in [5.74, 6) is 0. The van der Waals surface area contributed by atoms with Crippen molar-refractivity contribution in [2.24, 2.45) is 0 Å². The van der Waals surface area contributed by atoms with Gasteiger partial charge in [-0.25, -0.2) is 4.79 Å². The van der Waals surface area contributed by atoms with E-state index in [-0.39, 0.29) is 12.5 Å². The zero-order chi connectivity index (χ0) is 13.6. The van der Waals surface area contributed by atoms with E-state index in [9.17, 15) is 9.59 Å². The molecule has 98 valence electrons. The molecule has 1 N–H and O–H groups in total. The van der Waals surface area contributed by atoms with Gasteiger partial charge in [-0.3, -0.25) is 0 Å². The Bertz CT molecular complexity index is 395. The van der Waals surface area contributed by atoms with E-state index in [4.69, 9.17) is 4.74 Å². The molecule has 0 bridgehead atoms. The number of nitrogens with one attached hydrogen (secondary N) is 1. The van der Waals surface area contributed by atoms with Gasteiger partial charge >= 0.3 is 6.09 Å². The standard InChI is InChI=1S/C14H19NO3/c1-14(2,3)18-13(17)15-12(9-10-16)11-7-5-4-6-8-11/h4-8,10,12H,9H2,1-3H3,(H,15,17). The van der Waals surface area contributed by atoms with Gasteiger partial charge in [0.25, 0.3) is 0 Å². The third kappa shape index (κ3) is 4.99. The number of ether oxygens (including phenoxy) is 1. The Labute approximate surface area is 107 Å². The van der Waals surface area contributed by atoms with Gasteiger partial charge in [0.15, 0.2) is 0 Å². The van der Waals surface area contributed by atoms with Crippen LogP contribution in [0.15, 0.2) is 30.3 Å². The molecule has 4 heteroatoms. The van der Waals surface area contributed by atoms with Crippen LogP contribution in [0.5, 0.6) is 0 Å². The fourth-order valence-electron chi connectivity index (χ4n) is 1.51. The van der Waals surface area contributed by atoms with Crippen LogP contribution in [0, 0.1) is 0 Å². The summed E-state index contributed by atoms with van der Waals surface area (Å²) in [5, 5.41) is 2.70. The van der Waals surface area contributed by atoms with Crippen LogP contribution in [0.3, 0.4) is 0 Å². The molecule has 18 heavy (non-hydrogen) atoms. The lowest BCUT2D eigenvalue weighted by Crippen LogP contribution is -2.35. The number of alkyl carbamates (subject to hydrolysis) is 1. The lowest BCUT2D eigenvalue weighted by atomic mass is 10.0. The van der Waals surface area contributed by atoms with Gasteiger partial charge in [0.05, 0.1) is 6.04 Å². The van der Waals surface area contributed by atoms with Crippen LogP contribution in [0.25, 0.3) is 0 Å². The lowest BCUT2D eigenvalue weighted by molar-refractivity contribution is -0.108. The third-order valence-corrected chi connectivity index (χ3v) is 2.22. The number of carbonyl (C=O) groups excluding carboxylic acids is 2. The average Bonchev–Trinajstić information content (AvgIpc) is 2.27. The van der Waals surface area contributed by atoms with Crippen LogP contribution in [0.2, 0.25) is 0 Å². The highest BCUT2D eigenvalue weighted by molar-refractivity contribution is 5.69. The summed E-state index contributed by atoms with van der Waals surface area (Å²) in [6, 6.07) is 9.00. The van der Waals surface area contributed by atoms with Crippen LogP contribution >= 0.6 is 0 Å². The molecule has 1 aromatic carbocycles. The highest BCUT2D eigenvalue weighted by Crippen LogP contribution is 2.16. The molecule has 1 unspecified atom stereocenters. The molecule has 1 atom stereocenters. The quantitative estimate of drug-likeness (QED) is 0.835. The highest BCUT2D eigenvalue weighted by Gasteiger charge is 2.20. The number of hydrogen-bond donors (Lipinski definition) is 1. The molecule has 0 aliphatic carbocycles.